The van der Waals surface area contributed by atoms with Crippen LogP contribution in [0.5, 0.6) is 0 Å². The van der Waals surface area contributed by atoms with Gasteiger partial charge in [-0.25, -0.2) is 4.79 Å². The number of benzene rings is 1. The molecule has 5 heteroatoms. The lowest BCUT2D eigenvalue weighted by Gasteiger charge is -2.07. The van der Waals surface area contributed by atoms with Crippen LogP contribution in [0.1, 0.15) is 22.2 Å². The van der Waals surface area contributed by atoms with E-state index in [-0.39, 0.29) is 5.97 Å². The molecule has 0 fully saturated rings. The molecule has 2 aromatic rings. The van der Waals surface area contributed by atoms with Gasteiger partial charge in [0.05, 0.1) is 18.7 Å². The van der Waals surface area contributed by atoms with Gasteiger partial charge in [0.2, 0.25) is 0 Å². The lowest BCUT2D eigenvalue weighted by molar-refractivity contribution is 0.0526. The van der Waals surface area contributed by atoms with E-state index >= 15 is 0 Å². The number of carbonyl (C=O) groups is 1. The van der Waals surface area contributed by atoms with E-state index in [1.807, 2.05) is 23.6 Å². The van der Waals surface area contributed by atoms with Gasteiger partial charge in [0.15, 0.2) is 0 Å². The Bertz CT molecular complexity index is 549. The maximum Gasteiger partial charge on any atom is 0.338 e. The zero-order valence-electron chi connectivity index (χ0n) is 10.7. The zero-order valence-corrected chi connectivity index (χ0v) is 11.5. The quantitative estimate of drug-likeness (QED) is 0.824. The number of ether oxygens (including phenoxy) is 1. The first-order valence-corrected chi connectivity index (χ1v) is 6.91. The number of hydrogen-bond donors (Lipinski definition) is 2. The van der Waals surface area contributed by atoms with E-state index < -0.39 is 0 Å². The van der Waals surface area contributed by atoms with E-state index in [9.17, 15) is 4.79 Å². The molecule has 100 valence electrons. The maximum absolute atomic E-state index is 11.5. The van der Waals surface area contributed by atoms with Crippen molar-refractivity contribution < 1.29 is 9.53 Å². The molecular weight excluding hydrogens is 260 g/mol. The number of hydrogen-bond acceptors (Lipinski definition) is 5. The number of nitrogen functional groups attached to an aromatic ring is 1. The fourth-order valence-corrected chi connectivity index (χ4v) is 2.35. The predicted molar refractivity (Wildman–Crippen MR) is 78.5 cm³/mol. The van der Waals surface area contributed by atoms with E-state index in [0.717, 1.165) is 16.3 Å². The zero-order chi connectivity index (χ0) is 13.7. The minimum absolute atomic E-state index is 0.295. The molecule has 0 aliphatic heterocycles. The standard InChI is InChI=1S/C14H16N2O2S/c1-2-18-14(17)10-3-5-11(6-4-10)16-9-13-12(15)7-8-19-13/h3-8,16H,2,9,15H2,1H3. The van der Waals surface area contributed by atoms with Gasteiger partial charge in [-0.05, 0) is 42.6 Å². The molecule has 0 aliphatic carbocycles. The SMILES string of the molecule is CCOC(=O)c1ccc(NCc2sccc2N)cc1. The van der Waals surface area contributed by atoms with Crippen molar-refractivity contribution in [2.45, 2.75) is 13.5 Å². The van der Waals surface area contributed by atoms with Crippen molar-refractivity contribution in [2.75, 3.05) is 17.7 Å². The molecule has 0 unspecified atom stereocenters. The van der Waals surface area contributed by atoms with Crippen LogP contribution in [0.25, 0.3) is 0 Å². The minimum atomic E-state index is -0.295. The third-order valence-electron chi connectivity index (χ3n) is 2.63. The van der Waals surface area contributed by atoms with Crippen LogP contribution in [-0.4, -0.2) is 12.6 Å². The van der Waals surface area contributed by atoms with Gasteiger partial charge in [0.1, 0.15) is 0 Å². The molecule has 0 radical (unpaired) electrons. The highest BCUT2D eigenvalue weighted by Gasteiger charge is 2.05. The van der Waals surface area contributed by atoms with Crippen molar-refractivity contribution in [1.29, 1.82) is 0 Å². The molecule has 1 aromatic carbocycles. The average Bonchev–Trinajstić information content (AvgIpc) is 2.83. The fourth-order valence-electron chi connectivity index (χ4n) is 1.62. The summed E-state index contributed by atoms with van der Waals surface area (Å²) in [5.74, 6) is -0.295. The first-order chi connectivity index (χ1) is 9.20. The molecule has 4 nitrogen and oxygen atoms in total. The summed E-state index contributed by atoms with van der Waals surface area (Å²) in [6.07, 6.45) is 0. The van der Waals surface area contributed by atoms with Crippen LogP contribution in [0.4, 0.5) is 11.4 Å². The topological polar surface area (TPSA) is 64.3 Å². The number of thiophene rings is 1. The second-order valence-corrected chi connectivity index (χ2v) is 4.95. The van der Waals surface area contributed by atoms with Gasteiger partial charge in [-0.15, -0.1) is 11.3 Å². The van der Waals surface area contributed by atoms with Crippen molar-refractivity contribution in [3.05, 3.63) is 46.2 Å². The smallest absolute Gasteiger partial charge is 0.338 e. The van der Waals surface area contributed by atoms with E-state index in [4.69, 9.17) is 10.5 Å². The van der Waals surface area contributed by atoms with Crippen molar-refractivity contribution in [2.24, 2.45) is 0 Å². The monoisotopic (exact) mass is 276 g/mol. The Kier molecular flexibility index (Phi) is 4.41. The molecule has 0 spiro atoms. The molecular formula is C14H16N2O2S. The number of nitrogens with two attached hydrogens (primary N) is 1. The van der Waals surface area contributed by atoms with Crippen molar-refractivity contribution in [3.8, 4) is 0 Å². The Labute approximate surface area is 116 Å². The maximum atomic E-state index is 11.5. The fraction of sp³-hybridized carbons (Fsp3) is 0.214. The van der Waals surface area contributed by atoms with Gasteiger partial charge < -0.3 is 15.8 Å². The van der Waals surface area contributed by atoms with Crippen LogP contribution in [0.3, 0.4) is 0 Å². The summed E-state index contributed by atoms with van der Waals surface area (Å²) in [6.45, 7) is 2.86. The highest BCUT2D eigenvalue weighted by Crippen LogP contribution is 2.20. The van der Waals surface area contributed by atoms with Gasteiger partial charge in [-0.2, -0.15) is 0 Å². The summed E-state index contributed by atoms with van der Waals surface area (Å²) >= 11 is 1.62. The normalized spacial score (nSPS) is 10.2. The molecule has 0 bridgehead atoms. The molecule has 0 amide bonds. The van der Waals surface area contributed by atoms with Gasteiger partial charge >= 0.3 is 5.97 Å². The second kappa shape index (κ2) is 6.24. The van der Waals surface area contributed by atoms with Gasteiger partial charge in [0, 0.05) is 16.3 Å². The third-order valence-corrected chi connectivity index (χ3v) is 3.57. The predicted octanol–water partition coefficient (Wildman–Crippen LogP) is 3.12. The van der Waals surface area contributed by atoms with Crippen molar-refractivity contribution in [3.63, 3.8) is 0 Å². The summed E-state index contributed by atoms with van der Waals surface area (Å²) in [6, 6.07) is 9.11. The first kappa shape index (κ1) is 13.4. The van der Waals surface area contributed by atoms with Crippen LogP contribution in [0, 0.1) is 0 Å². The Morgan fingerprint density at radius 3 is 2.63 bits per heavy atom. The minimum Gasteiger partial charge on any atom is -0.462 e. The Hall–Kier alpha value is -2.01. The Balaban J connectivity index is 1.95. The molecule has 0 saturated heterocycles. The molecule has 0 saturated carbocycles. The van der Waals surface area contributed by atoms with Gasteiger partial charge in [0.25, 0.3) is 0 Å². The highest BCUT2D eigenvalue weighted by molar-refractivity contribution is 7.10. The number of carbonyl (C=O) groups excluding carboxylic acids is 1. The number of nitrogens with one attached hydrogen (secondary N) is 1. The van der Waals surface area contributed by atoms with Crippen molar-refractivity contribution >= 4 is 28.7 Å². The summed E-state index contributed by atoms with van der Waals surface area (Å²) in [5.41, 5.74) is 8.12. The van der Waals surface area contributed by atoms with Crippen molar-refractivity contribution in [1.82, 2.24) is 0 Å². The van der Waals surface area contributed by atoms with Crippen LogP contribution < -0.4 is 11.1 Å². The molecule has 2 rings (SSSR count). The Morgan fingerprint density at radius 2 is 2.05 bits per heavy atom. The van der Waals surface area contributed by atoms with E-state index in [0.29, 0.717) is 18.7 Å². The number of esters is 1. The molecule has 0 atom stereocenters. The Morgan fingerprint density at radius 1 is 1.32 bits per heavy atom. The number of anilines is 2. The van der Waals surface area contributed by atoms with Crippen LogP contribution >= 0.6 is 11.3 Å². The summed E-state index contributed by atoms with van der Waals surface area (Å²) in [4.78, 5) is 12.6. The molecule has 1 heterocycles. The third kappa shape index (κ3) is 3.48. The number of rotatable bonds is 5. The summed E-state index contributed by atoms with van der Waals surface area (Å²) < 4.78 is 4.93. The van der Waals surface area contributed by atoms with Crippen LogP contribution in [0.2, 0.25) is 0 Å². The lowest BCUT2D eigenvalue weighted by Crippen LogP contribution is -2.05. The molecule has 19 heavy (non-hydrogen) atoms. The highest BCUT2D eigenvalue weighted by atomic mass is 32.1. The molecule has 1 aromatic heterocycles. The van der Waals surface area contributed by atoms with Crippen LogP contribution in [0.15, 0.2) is 35.7 Å². The largest absolute Gasteiger partial charge is 0.462 e. The van der Waals surface area contributed by atoms with E-state index in [1.165, 1.54) is 0 Å². The second-order valence-electron chi connectivity index (χ2n) is 3.95. The molecule has 3 N–H and O–H groups in total. The van der Waals surface area contributed by atoms with Gasteiger partial charge in [-0.3, -0.25) is 0 Å². The van der Waals surface area contributed by atoms with E-state index in [1.54, 1.807) is 30.4 Å². The summed E-state index contributed by atoms with van der Waals surface area (Å²) in [7, 11) is 0. The van der Waals surface area contributed by atoms with Gasteiger partial charge in [-0.1, -0.05) is 0 Å². The van der Waals surface area contributed by atoms with E-state index in [2.05, 4.69) is 5.32 Å². The van der Waals surface area contributed by atoms with Crippen LogP contribution in [-0.2, 0) is 11.3 Å². The lowest BCUT2D eigenvalue weighted by atomic mass is 10.2. The molecule has 0 aliphatic rings. The summed E-state index contributed by atoms with van der Waals surface area (Å²) in [5, 5.41) is 5.23. The average molecular weight is 276 g/mol. The first-order valence-electron chi connectivity index (χ1n) is 6.03.